The lowest BCUT2D eigenvalue weighted by Gasteiger charge is -2.36. The third-order valence-corrected chi connectivity index (χ3v) is 6.58. The van der Waals surface area contributed by atoms with Crippen molar-refractivity contribution < 1.29 is 4.79 Å². The summed E-state index contributed by atoms with van der Waals surface area (Å²) in [7, 11) is 0. The van der Waals surface area contributed by atoms with Crippen molar-refractivity contribution in [2.45, 2.75) is 25.8 Å². The molecule has 0 saturated carbocycles. The number of hydrogen-bond donors (Lipinski definition) is 1. The van der Waals surface area contributed by atoms with Crippen LogP contribution in [0.2, 0.25) is 0 Å². The Bertz CT molecular complexity index is 714. The van der Waals surface area contributed by atoms with E-state index in [9.17, 15) is 4.79 Å². The van der Waals surface area contributed by atoms with Gasteiger partial charge in [-0.3, -0.25) is 0 Å². The zero-order valence-electron chi connectivity index (χ0n) is 15.4. The summed E-state index contributed by atoms with van der Waals surface area (Å²) >= 11 is 1.76. The molecule has 0 bridgehead atoms. The van der Waals surface area contributed by atoms with E-state index in [4.69, 9.17) is 4.98 Å². The number of amides is 2. The van der Waals surface area contributed by atoms with Crippen molar-refractivity contribution in [3.63, 3.8) is 0 Å². The first-order valence-corrected chi connectivity index (χ1v) is 10.4. The third kappa shape index (κ3) is 3.78. The monoisotopic (exact) mass is 373 g/mol. The van der Waals surface area contributed by atoms with Crippen LogP contribution in [0.4, 0.5) is 9.93 Å². The molecular formula is C19H27N5OS. The highest BCUT2D eigenvalue weighted by Gasteiger charge is 2.26. The standard InChI is InChI=1S/C19H27N5OS/c1-2-22-11-13-23(14-12-22)18(25)20-15-7-9-24(10-8-15)19-21-16-5-3-4-6-17(16)26-19/h3-6,15H,2,7-14H2,1H3,(H,20,25). The van der Waals surface area contributed by atoms with Crippen molar-refractivity contribution in [2.75, 3.05) is 50.7 Å². The van der Waals surface area contributed by atoms with Crippen molar-refractivity contribution in [2.24, 2.45) is 0 Å². The predicted molar refractivity (Wildman–Crippen MR) is 107 cm³/mol. The maximum atomic E-state index is 12.5. The molecule has 2 amide bonds. The predicted octanol–water partition coefficient (Wildman–Crippen LogP) is 2.61. The zero-order valence-corrected chi connectivity index (χ0v) is 16.2. The molecule has 0 atom stereocenters. The number of fused-ring (bicyclic) bond motifs is 1. The first-order chi connectivity index (χ1) is 12.7. The number of piperazine rings is 1. The number of carbonyl (C=O) groups excluding carboxylic acids is 1. The fourth-order valence-electron chi connectivity index (χ4n) is 3.74. The number of thiazole rings is 1. The van der Waals surface area contributed by atoms with E-state index in [1.54, 1.807) is 11.3 Å². The molecule has 26 heavy (non-hydrogen) atoms. The smallest absolute Gasteiger partial charge is 0.317 e. The Balaban J connectivity index is 1.27. The number of hydrogen-bond acceptors (Lipinski definition) is 5. The van der Waals surface area contributed by atoms with Gasteiger partial charge in [0.05, 0.1) is 10.2 Å². The van der Waals surface area contributed by atoms with E-state index in [1.807, 2.05) is 11.0 Å². The SMILES string of the molecule is CCN1CCN(C(=O)NC2CCN(c3nc4ccccc4s3)CC2)CC1. The molecule has 1 N–H and O–H groups in total. The molecule has 1 aromatic heterocycles. The molecule has 0 unspecified atom stereocenters. The number of urea groups is 1. The Morgan fingerprint density at radius 1 is 1.15 bits per heavy atom. The fourth-order valence-corrected chi connectivity index (χ4v) is 4.76. The summed E-state index contributed by atoms with van der Waals surface area (Å²) in [5, 5.41) is 4.35. The highest BCUT2D eigenvalue weighted by Crippen LogP contribution is 2.30. The number of piperidine rings is 1. The molecule has 2 saturated heterocycles. The van der Waals surface area contributed by atoms with Crippen LogP contribution in [-0.4, -0.2) is 72.7 Å². The van der Waals surface area contributed by atoms with Gasteiger partial charge in [0.15, 0.2) is 5.13 Å². The Labute approximate surface area is 158 Å². The number of para-hydroxylation sites is 1. The van der Waals surface area contributed by atoms with Gasteiger partial charge in [-0.1, -0.05) is 30.4 Å². The second kappa shape index (κ2) is 7.80. The van der Waals surface area contributed by atoms with Crippen LogP contribution in [0.15, 0.2) is 24.3 Å². The van der Waals surface area contributed by atoms with E-state index in [0.717, 1.165) is 69.3 Å². The molecule has 4 rings (SSSR count). The maximum absolute atomic E-state index is 12.5. The average Bonchev–Trinajstić information content (AvgIpc) is 3.13. The number of aromatic nitrogens is 1. The number of likely N-dealkylation sites (N-methyl/N-ethyl adjacent to an activating group) is 1. The van der Waals surface area contributed by atoms with Gasteiger partial charge >= 0.3 is 6.03 Å². The minimum atomic E-state index is 0.110. The number of nitrogens with zero attached hydrogens (tertiary/aromatic N) is 4. The topological polar surface area (TPSA) is 51.7 Å². The van der Waals surface area contributed by atoms with Gasteiger partial charge in [0, 0.05) is 45.3 Å². The van der Waals surface area contributed by atoms with Crippen LogP contribution in [0.5, 0.6) is 0 Å². The van der Waals surface area contributed by atoms with E-state index in [-0.39, 0.29) is 12.1 Å². The fraction of sp³-hybridized carbons (Fsp3) is 0.579. The molecular weight excluding hydrogens is 346 g/mol. The molecule has 0 radical (unpaired) electrons. The quantitative estimate of drug-likeness (QED) is 0.899. The van der Waals surface area contributed by atoms with Gasteiger partial charge in [0.2, 0.25) is 0 Å². The minimum Gasteiger partial charge on any atom is -0.348 e. The van der Waals surface area contributed by atoms with E-state index >= 15 is 0 Å². The second-order valence-electron chi connectivity index (χ2n) is 7.10. The summed E-state index contributed by atoms with van der Waals surface area (Å²) in [5.74, 6) is 0. The molecule has 1 aromatic carbocycles. The number of anilines is 1. The summed E-state index contributed by atoms with van der Waals surface area (Å²) in [6, 6.07) is 8.68. The Morgan fingerprint density at radius 3 is 2.58 bits per heavy atom. The lowest BCUT2D eigenvalue weighted by Crippen LogP contribution is -2.54. The van der Waals surface area contributed by atoms with Crippen LogP contribution in [-0.2, 0) is 0 Å². The molecule has 0 aliphatic carbocycles. The average molecular weight is 374 g/mol. The van der Waals surface area contributed by atoms with E-state index in [2.05, 4.69) is 40.2 Å². The third-order valence-electron chi connectivity index (χ3n) is 5.48. The summed E-state index contributed by atoms with van der Waals surface area (Å²) < 4.78 is 1.24. The molecule has 2 aromatic rings. The van der Waals surface area contributed by atoms with E-state index in [1.165, 1.54) is 4.70 Å². The zero-order chi connectivity index (χ0) is 17.9. The highest BCUT2D eigenvalue weighted by molar-refractivity contribution is 7.22. The first-order valence-electron chi connectivity index (χ1n) is 9.61. The van der Waals surface area contributed by atoms with Crippen LogP contribution < -0.4 is 10.2 Å². The minimum absolute atomic E-state index is 0.110. The van der Waals surface area contributed by atoms with Crippen molar-refractivity contribution >= 4 is 32.7 Å². The highest BCUT2D eigenvalue weighted by atomic mass is 32.1. The summed E-state index contributed by atoms with van der Waals surface area (Å²) in [6.45, 7) is 8.80. The van der Waals surface area contributed by atoms with Crippen LogP contribution in [0.3, 0.4) is 0 Å². The van der Waals surface area contributed by atoms with Crippen molar-refractivity contribution in [3.8, 4) is 0 Å². The first kappa shape index (κ1) is 17.5. The number of carbonyl (C=O) groups is 1. The summed E-state index contributed by atoms with van der Waals surface area (Å²) in [5.41, 5.74) is 1.08. The molecule has 7 heteroatoms. The Kier molecular flexibility index (Phi) is 5.26. The van der Waals surface area contributed by atoms with Gasteiger partial charge in [-0.05, 0) is 31.5 Å². The van der Waals surface area contributed by atoms with Gasteiger partial charge in [0.1, 0.15) is 0 Å². The largest absolute Gasteiger partial charge is 0.348 e. The van der Waals surface area contributed by atoms with Crippen molar-refractivity contribution in [3.05, 3.63) is 24.3 Å². The molecule has 6 nitrogen and oxygen atoms in total. The molecule has 3 heterocycles. The number of benzene rings is 1. The van der Waals surface area contributed by atoms with Crippen molar-refractivity contribution in [1.29, 1.82) is 0 Å². The second-order valence-corrected chi connectivity index (χ2v) is 8.11. The van der Waals surface area contributed by atoms with Crippen LogP contribution >= 0.6 is 11.3 Å². The lowest BCUT2D eigenvalue weighted by atomic mass is 10.1. The molecule has 0 spiro atoms. The number of nitrogens with one attached hydrogen (secondary N) is 1. The van der Waals surface area contributed by atoms with Gasteiger partial charge in [-0.15, -0.1) is 0 Å². The summed E-state index contributed by atoms with van der Waals surface area (Å²) in [4.78, 5) is 24.0. The summed E-state index contributed by atoms with van der Waals surface area (Å²) in [6.07, 6.45) is 1.97. The lowest BCUT2D eigenvalue weighted by molar-refractivity contribution is 0.139. The molecule has 140 valence electrons. The Morgan fingerprint density at radius 2 is 1.88 bits per heavy atom. The van der Waals surface area contributed by atoms with Gasteiger partial charge in [-0.2, -0.15) is 0 Å². The Hall–Kier alpha value is -1.86. The van der Waals surface area contributed by atoms with E-state index < -0.39 is 0 Å². The van der Waals surface area contributed by atoms with Crippen LogP contribution in [0.1, 0.15) is 19.8 Å². The normalized spacial score (nSPS) is 19.9. The molecule has 2 aliphatic heterocycles. The number of rotatable bonds is 3. The van der Waals surface area contributed by atoms with Gasteiger partial charge in [0.25, 0.3) is 0 Å². The maximum Gasteiger partial charge on any atom is 0.317 e. The van der Waals surface area contributed by atoms with E-state index in [0.29, 0.717) is 0 Å². The molecule has 2 aliphatic rings. The van der Waals surface area contributed by atoms with Crippen LogP contribution in [0, 0.1) is 0 Å². The van der Waals surface area contributed by atoms with Crippen molar-refractivity contribution in [1.82, 2.24) is 20.1 Å². The van der Waals surface area contributed by atoms with Gasteiger partial charge < -0.3 is 20.0 Å². The molecule has 2 fully saturated rings. The van der Waals surface area contributed by atoms with Gasteiger partial charge in [-0.25, -0.2) is 9.78 Å². The van der Waals surface area contributed by atoms with Crippen LogP contribution in [0.25, 0.3) is 10.2 Å².